The van der Waals surface area contributed by atoms with Gasteiger partial charge >= 0.3 is 7.82 Å². The molecule has 0 aromatic heterocycles. The largest absolute Gasteiger partial charge is 0.472 e. The molecule has 1 saturated heterocycles. The van der Waals surface area contributed by atoms with E-state index in [0.717, 1.165) is 13.2 Å². The summed E-state index contributed by atoms with van der Waals surface area (Å²) in [6, 6.07) is 0. The molecule has 2 heterocycles. The van der Waals surface area contributed by atoms with E-state index in [2.05, 4.69) is 9.84 Å². The van der Waals surface area contributed by atoms with Crippen molar-refractivity contribution in [3.05, 3.63) is 12.3 Å². The van der Waals surface area contributed by atoms with Gasteiger partial charge in [-0.2, -0.15) is 0 Å². The van der Waals surface area contributed by atoms with Crippen LogP contribution < -0.4 is 5.32 Å². The lowest BCUT2D eigenvalue weighted by atomic mass is 10.1. The summed E-state index contributed by atoms with van der Waals surface area (Å²) in [5, 5.41) is 22.4. The maximum absolute atomic E-state index is 11.5. The Balaban J connectivity index is 2.17. The van der Waals surface area contributed by atoms with Gasteiger partial charge in [-0.15, -0.1) is 0 Å². The maximum Gasteiger partial charge on any atom is 0.472 e. The monoisotopic (exact) mass is 338 g/mol. The highest BCUT2D eigenvalue weighted by atomic mass is 31.2. The molecule has 22 heavy (non-hydrogen) atoms. The van der Waals surface area contributed by atoms with E-state index in [1.54, 1.807) is 6.92 Å². The first-order valence-electron chi connectivity index (χ1n) is 6.63. The number of hydrogen-bond acceptors (Lipinski definition) is 8. The Morgan fingerprint density at radius 2 is 2.18 bits per heavy atom. The molecule has 6 atom stereocenters. The smallest absolute Gasteiger partial charge is 0.386 e. The summed E-state index contributed by atoms with van der Waals surface area (Å²) in [6.45, 7) is 1.75. The predicted molar refractivity (Wildman–Crippen MR) is 71.8 cm³/mol. The van der Waals surface area contributed by atoms with E-state index in [1.165, 1.54) is 11.1 Å². The van der Waals surface area contributed by atoms with Crippen LogP contribution in [0.1, 0.15) is 13.3 Å². The normalized spacial score (nSPS) is 38.0. The topological polar surface area (TPSA) is 138 Å². The van der Waals surface area contributed by atoms with Crippen LogP contribution in [-0.4, -0.2) is 63.9 Å². The molecule has 126 valence electrons. The molecule has 0 spiro atoms. The van der Waals surface area contributed by atoms with Crippen molar-refractivity contribution >= 4 is 13.7 Å². The van der Waals surface area contributed by atoms with Crippen molar-refractivity contribution in [1.29, 1.82) is 0 Å². The minimum atomic E-state index is -4.31. The van der Waals surface area contributed by atoms with E-state index in [1.807, 2.05) is 0 Å². The van der Waals surface area contributed by atoms with E-state index in [4.69, 9.17) is 9.26 Å². The lowest BCUT2D eigenvalue weighted by Crippen LogP contribution is -2.55. The molecule has 0 aromatic rings. The number of carbonyl (C=O) groups excluding carboxylic acids is 1. The zero-order chi connectivity index (χ0) is 16.5. The van der Waals surface area contributed by atoms with Gasteiger partial charge in [-0.3, -0.25) is 13.8 Å². The summed E-state index contributed by atoms with van der Waals surface area (Å²) in [5.41, 5.74) is 0. The number of nitrogens with zero attached hydrogens (tertiary/aromatic N) is 1. The van der Waals surface area contributed by atoms with Crippen LogP contribution in [0.4, 0.5) is 0 Å². The molecule has 4 unspecified atom stereocenters. The van der Waals surface area contributed by atoms with Crippen LogP contribution in [0, 0.1) is 0 Å². The van der Waals surface area contributed by atoms with Crippen LogP contribution in [0.15, 0.2) is 12.3 Å². The van der Waals surface area contributed by atoms with Crippen LogP contribution in [0.25, 0.3) is 0 Å². The summed E-state index contributed by atoms with van der Waals surface area (Å²) < 4.78 is 26.4. The molecule has 0 radical (unpaired) electrons. The van der Waals surface area contributed by atoms with Gasteiger partial charge in [0.1, 0.15) is 12.2 Å². The van der Waals surface area contributed by atoms with Crippen molar-refractivity contribution in [3.63, 3.8) is 0 Å². The van der Waals surface area contributed by atoms with Gasteiger partial charge in [-0.05, 0) is 6.42 Å². The third-order valence-corrected chi connectivity index (χ3v) is 4.41. The minimum absolute atomic E-state index is 0.391. The van der Waals surface area contributed by atoms with Crippen LogP contribution in [-0.2, 0) is 23.1 Å². The Morgan fingerprint density at radius 3 is 2.73 bits per heavy atom. The Hall–Kier alpha value is -1.00. The number of phosphoric ester groups is 1. The van der Waals surface area contributed by atoms with Crippen LogP contribution in [0.5, 0.6) is 0 Å². The van der Waals surface area contributed by atoms with Crippen LogP contribution in [0.2, 0.25) is 0 Å². The Labute approximate surface area is 126 Å². The van der Waals surface area contributed by atoms with Crippen molar-refractivity contribution in [3.8, 4) is 0 Å². The second kappa shape index (κ2) is 6.63. The average Bonchev–Trinajstić information content (AvgIpc) is 2.76. The second-order valence-corrected chi connectivity index (χ2v) is 6.34. The van der Waals surface area contributed by atoms with Gasteiger partial charge in [0.25, 0.3) is 0 Å². The van der Waals surface area contributed by atoms with Crippen molar-refractivity contribution in [2.24, 2.45) is 0 Å². The molecule has 11 heteroatoms. The molecule has 0 saturated carbocycles. The molecule has 0 bridgehead atoms. The first-order valence-corrected chi connectivity index (χ1v) is 8.13. The summed E-state index contributed by atoms with van der Waals surface area (Å²) in [5.74, 6) is -0.490. The summed E-state index contributed by atoms with van der Waals surface area (Å²) in [4.78, 5) is 21.7. The Bertz CT molecular complexity index is 500. The Morgan fingerprint density at radius 1 is 1.50 bits per heavy atom. The summed E-state index contributed by atoms with van der Waals surface area (Å²) in [7, 11) is -3.30. The van der Waals surface area contributed by atoms with Gasteiger partial charge in [0.2, 0.25) is 12.3 Å². The highest BCUT2D eigenvalue weighted by Crippen LogP contribution is 2.47. The van der Waals surface area contributed by atoms with E-state index >= 15 is 0 Å². The number of aliphatic hydroxyl groups is 2. The first-order chi connectivity index (χ1) is 10.3. The van der Waals surface area contributed by atoms with Gasteiger partial charge in [-0.25, -0.2) is 4.57 Å². The third kappa shape index (κ3) is 3.49. The van der Waals surface area contributed by atoms with Crippen LogP contribution in [0.3, 0.4) is 0 Å². The van der Waals surface area contributed by atoms with E-state index in [-0.39, 0.29) is 0 Å². The molecule has 1 amide bonds. The van der Waals surface area contributed by atoms with Gasteiger partial charge in [0, 0.05) is 19.4 Å². The maximum atomic E-state index is 11.5. The zero-order valence-electron chi connectivity index (χ0n) is 12.0. The predicted octanol–water partition coefficient (Wildman–Crippen LogP) is -1.16. The van der Waals surface area contributed by atoms with Crippen molar-refractivity contribution < 1.29 is 38.3 Å². The molecule has 0 aromatic carbocycles. The fraction of sp³-hybridized carbons (Fsp3) is 0.727. The van der Waals surface area contributed by atoms with Crippen LogP contribution >= 0.6 is 7.82 Å². The SMILES string of the molecule is CC[C@H]1O[C@@H](N2C=CC(=O)NC2O)C(O)C1OP(=O)(O)OC. The van der Waals surface area contributed by atoms with E-state index < -0.39 is 44.6 Å². The quantitative estimate of drug-likeness (QED) is 0.457. The van der Waals surface area contributed by atoms with Crippen molar-refractivity contribution in [1.82, 2.24) is 10.2 Å². The number of aliphatic hydroxyl groups excluding tert-OH is 2. The molecular formula is C11H19N2O8P. The number of phosphoric acid groups is 1. The molecule has 0 aliphatic carbocycles. The van der Waals surface area contributed by atoms with Gasteiger partial charge < -0.3 is 30.1 Å². The van der Waals surface area contributed by atoms with Gasteiger partial charge in [0.15, 0.2) is 6.23 Å². The standard InChI is InChI=1S/C11H19N2O8P/c1-3-6-9(21-22(17,18)19-2)8(15)10(20-6)13-5-4-7(14)12-11(13)16/h4-6,8-11,15-16H,3H2,1-2H3,(H,12,14)(H,17,18)/t6-,8?,9?,10-,11?/m1/s1. The lowest BCUT2D eigenvalue weighted by Gasteiger charge is -2.35. The molecule has 1 fully saturated rings. The highest BCUT2D eigenvalue weighted by molar-refractivity contribution is 7.47. The number of carbonyl (C=O) groups is 1. The molecular weight excluding hydrogens is 319 g/mol. The summed E-state index contributed by atoms with van der Waals surface area (Å²) in [6.07, 6.45) is -2.78. The fourth-order valence-electron chi connectivity index (χ4n) is 2.33. The van der Waals surface area contributed by atoms with Gasteiger partial charge in [0.05, 0.1) is 6.10 Å². The number of hydrogen-bond donors (Lipinski definition) is 4. The zero-order valence-corrected chi connectivity index (χ0v) is 12.9. The second-order valence-electron chi connectivity index (χ2n) is 4.83. The molecule has 2 aliphatic heterocycles. The molecule has 10 nitrogen and oxygen atoms in total. The fourth-order valence-corrected chi connectivity index (χ4v) is 2.98. The van der Waals surface area contributed by atoms with Gasteiger partial charge in [-0.1, -0.05) is 6.92 Å². The number of ether oxygens (including phenoxy) is 1. The average molecular weight is 338 g/mol. The highest BCUT2D eigenvalue weighted by Gasteiger charge is 2.50. The van der Waals surface area contributed by atoms with Crippen molar-refractivity contribution in [2.45, 2.75) is 44.2 Å². The van der Waals surface area contributed by atoms with Crippen molar-refractivity contribution in [2.75, 3.05) is 7.11 Å². The number of nitrogens with one attached hydrogen (secondary N) is 1. The summed E-state index contributed by atoms with van der Waals surface area (Å²) >= 11 is 0. The Kier molecular flexibility index (Phi) is 5.23. The van der Waals surface area contributed by atoms with E-state index in [0.29, 0.717) is 6.42 Å². The molecule has 2 aliphatic rings. The van der Waals surface area contributed by atoms with E-state index in [9.17, 15) is 24.5 Å². The molecule has 4 N–H and O–H groups in total. The number of amides is 1. The minimum Gasteiger partial charge on any atom is -0.386 e. The lowest BCUT2D eigenvalue weighted by molar-refractivity contribution is -0.150. The third-order valence-electron chi connectivity index (χ3n) is 3.44. The molecule has 2 rings (SSSR count). The first kappa shape index (κ1) is 17.4. The number of rotatable bonds is 5.